The average molecular weight is 480 g/mol. The van der Waals surface area contributed by atoms with Gasteiger partial charge < -0.3 is 15.8 Å². The molecule has 3 N–H and O–H groups in total. The fourth-order valence-electron chi connectivity index (χ4n) is 2.78. The van der Waals surface area contributed by atoms with Gasteiger partial charge in [0.2, 0.25) is 0 Å². The van der Waals surface area contributed by atoms with Gasteiger partial charge in [0.25, 0.3) is 0 Å². The molecule has 3 rings (SSSR count). The summed E-state index contributed by atoms with van der Waals surface area (Å²) in [6.45, 7) is 2.27. The van der Waals surface area contributed by atoms with Crippen LogP contribution in [0.2, 0.25) is 10.0 Å². The molecule has 6 nitrogen and oxygen atoms in total. The fourth-order valence-corrected chi connectivity index (χ4v) is 3.03. The number of guanidine groups is 1. The molecule has 0 saturated heterocycles. The van der Waals surface area contributed by atoms with Crippen LogP contribution in [0.5, 0.6) is 0 Å². The summed E-state index contributed by atoms with van der Waals surface area (Å²) in [7, 11) is 0. The molecule has 0 atom stereocenters. The van der Waals surface area contributed by atoms with E-state index < -0.39 is 6.09 Å². The predicted octanol–water partition coefficient (Wildman–Crippen LogP) is 5.71. The van der Waals surface area contributed by atoms with Crippen molar-refractivity contribution < 1.29 is 9.53 Å². The Bertz CT molecular complexity index is 1060. The summed E-state index contributed by atoms with van der Waals surface area (Å²) in [5, 5.41) is 4.20. The number of nitrogens with one attached hydrogen (secondary N) is 1. The second-order valence-electron chi connectivity index (χ2n) is 6.30. The highest BCUT2D eigenvalue weighted by molar-refractivity contribution is 6.31. The number of benzene rings is 2. The minimum Gasteiger partial charge on any atom is -0.448 e. The maximum absolute atomic E-state index is 11.4. The van der Waals surface area contributed by atoms with Crippen molar-refractivity contribution in [3.8, 4) is 22.4 Å². The quantitative estimate of drug-likeness (QED) is 0.361. The van der Waals surface area contributed by atoms with E-state index in [1.165, 1.54) is 0 Å². The van der Waals surface area contributed by atoms with Gasteiger partial charge in [-0.05, 0) is 48.4 Å². The molecule has 0 spiro atoms. The summed E-state index contributed by atoms with van der Waals surface area (Å²) in [5.74, 6) is -0.0247. The summed E-state index contributed by atoms with van der Waals surface area (Å²) >= 11 is 12.1. The highest BCUT2D eigenvalue weighted by Crippen LogP contribution is 2.32. The number of amides is 1. The number of nitrogens with two attached hydrogens (primary N) is 1. The molecule has 1 amide bonds. The first-order valence-electron chi connectivity index (χ1n) is 9.22. The number of hydrogen-bond donors (Lipinski definition) is 2. The fraction of sp³-hybridized carbons (Fsp3) is 0.136. The van der Waals surface area contributed by atoms with Crippen molar-refractivity contribution in [2.45, 2.75) is 13.5 Å². The van der Waals surface area contributed by atoms with Crippen molar-refractivity contribution in [3.63, 3.8) is 0 Å². The van der Waals surface area contributed by atoms with E-state index >= 15 is 0 Å². The van der Waals surface area contributed by atoms with Crippen LogP contribution in [0.15, 0.2) is 65.8 Å². The summed E-state index contributed by atoms with van der Waals surface area (Å²) in [6.07, 6.45) is 1.01. The van der Waals surface area contributed by atoms with Gasteiger partial charge >= 0.3 is 6.09 Å². The molecule has 9 heteroatoms. The van der Waals surface area contributed by atoms with Gasteiger partial charge in [-0.2, -0.15) is 0 Å². The molecule has 162 valence electrons. The standard InChI is InChI=1S/C22H20Cl2N4O2.ClH/c1-2-30-22(29)28-21(25)27-13-14-11-19(15-3-7-17(23)8-4-15)20(26-12-14)16-5-9-18(24)10-6-16;/h3-12H,2,13H2,1H3,(H3,25,27,28,29);1H. The van der Waals surface area contributed by atoms with E-state index in [1.807, 2.05) is 54.6 Å². The number of hydrogen-bond acceptors (Lipinski definition) is 3. The molecule has 2 aromatic carbocycles. The van der Waals surface area contributed by atoms with Crippen molar-refractivity contribution in [1.29, 1.82) is 0 Å². The van der Waals surface area contributed by atoms with Crippen LogP contribution < -0.4 is 11.1 Å². The van der Waals surface area contributed by atoms with Gasteiger partial charge in [-0.1, -0.05) is 47.5 Å². The molecule has 0 fully saturated rings. The number of nitrogens with zero attached hydrogens (tertiary/aromatic N) is 2. The lowest BCUT2D eigenvalue weighted by molar-refractivity contribution is 0.163. The first kappa shape index (κ1) is 24.5. The third kappa shape index (κ3) is 6.85. The Labute approximate surface area is 196 Å². The van der Waals surface area contributed by atoms with E-state index in [-0.39, 0.29) is 25.0 Å². The van der Waals surface area contributed by atoms with Crippen LogP contribution in [0.4, 0.5) is 4.79 Å². The number of aliphatic imine (C=N–C) groups is 1. The molecule has 1 heterocycles. The minimum atomic E-state index is -0.736. The molecular formula is C22H21Cl3N4O2. The zero-order chi connectivity index (χ0) is 21.5. The lowest BCUT2D eigenvalue weighted by Gasteiger charge is -2.13. The summed E-state index contributed by atoms with van der Waals surface area (Å²) in [4.78, 5) is 19.7. The van der Waals surface area contributed by atoms with Gasteiger partial charge in [-0.15, -0.1) is 17.4 Å². The predicted molar refractivity (Wildman–Crippen MR) is 128 cm³/mol. The number of carbonyl (C=O) groups is 1. The molecule has 0 saturated carbocycles. The van der Waals surface area contributed by atoms with Gasteiger partial charge in [0.1, 0.15) is 0 Å². The zero-order valence-electron chi connectivity index (χ0n) is 16.6. The number of halogens is 3. The van der Waals surface area contributed by atoms with Crippen molar-refractivity contribution >= 4 is 47.7 Å². The minimum absolute atomic E-state index is 0. The molecule has 3 aromatic rings. The van der Waals surface area contributed by atoms with E-state index in [0.29, 0.717) is 16.6 Å². The molecule has 0 unspecified atom stereocenters. The van der Waals surface area contributed by atoms with E-state index in [9.17, 15) is 4.79 Å². The van der Waals surface area contributed by atoms with Crippen LogP contribution in [0.1, 0.15) is 12.5 Å². The number of pyridine rings is 1. The number of ether oxygens (including phenoxy) is 1. The lowest BCUT2D eigenvalue weighted by Crippen LogP contribution is -2.32. The second-order valence-corrected chi connectivity index (χ2v) is 7.18. The van der Waals surface area contributed by atoms with E-state index in [1.54, 1.807) is 13.1 Å². The Morgan fingerprint density at radius 2 is 1.65 bits per heavy atom. The lowest BCUT2D eigenvalue weighted by atomic mass is 9.98. The Kier molecular flexibility index (Phi) is 9.12. The Morgan fingerprint density at radius 1 is 1.06 bits per heavy atom. The van der Waals surface area contributed by atoms with Crippen LogP contribution in [0, 0.1) is 0 Å². The Morgan fingerprint density at radius 3 is 2.23 bits per heavy atom. The number of rotatable bonds is 5. The summed E-state index contributed by atoms with van der Waals surface area (Å²) < 4.78 is 4.75. The molecule has 1 aromatic heterocycles. The SMILES string of the molecule is CCOC(=O)/N=C(\N)NCc1cnc(-c2ccc(Cl)cc2)c(-c2ccc(Cl)cc2)c1.Cl. The number of aromatic nitrogens is 1. The largest absolute Gasteiger partial charge is 0.448 e. The molecule has 0 aliphatic carbocycles. The Balaban J connectivity index is 0.00000341. The van der Waals surface area contributed by atoms with Crippen molar-refractivity contribution in [3.05, 3.63) is 76.4 Å². The van der Waals surface area contributed by atoms with Crippen LogP contribution >= 0.6 is 35.6 Å². The topological polar surface area (TPSA) is 89.6 Å². The highest BCUT2D eigenvalue weighted by atomic mass is 35.5. The molecule has 0 radical (unpaired) electrons. The molecular weight excluding hydrogens is 459 g/mol. The monoisotopic (exact) mass is 478 g/mol. The molecule has 0 aliphatic rings. The van der Waals surface area contributed by atoms with Crippen LogP contribution in [-0.4, -0.2) is 23.6 Å². The normalized spacial score (nSPS) is 10.9. The van der Waals surface area contributed by atoms with E-state index in [0.717, 1.165) is 27.9 Å². The van der Waals surface area contributed by atoms with Crippen LogP contribution in [0.3, 0.4) is 0 Å². The molecule has 31 heavy (non-hydrogen) atoms. The van der Waals surface area contributed by atoms with Gasteiger partial charge in [0, 0.05) is 33.9 Å². The maximum atomic E-state index is 11.4. The number of carbonyl (C=O) groups excluding carboxylic acids is 1. The van der Waals surface area contributed by atoms with Gasteiger partial charge in [0.15, 0.2) is 5.96 Å². The first-order valence-corrected chi connectivity index (χ1v) is 9.97. The summed E-state index contributed by atoms with van der Waals surface area (Å²) in [5.41, 5.74) is 10.2. The first-order chi connectivity index (χ1) is 14.5. The zero-order valence-corrected chi connectivity index (χ0v) is 19.0. The maximum Gasteiger partial charge on any atom is 0.436 e. The molecule has 0 bridgehead atoms. The van der Waals surface area contributed by atoms with Crippen LogP contribution in [-0.2, 0) is 11.3 Å². The van der Waals surface area contributed by atoms with Crippen molar-refractivity contribution in [2.24, 2.45) is 10.7 Å². The van der Waals surface area contributed by atoms with Crippen LogP contribution in [0.25, 0.3) is 22.4 Å². The highest BCUT2D eigenvalue weighted by Gasteiger charge is 2.11. The molecule has 0 aliphatic heterocycles. The van der Waals surface area contributed by atoms with Gasteiger partial charge in [-0.25, -0.2) is 4.79 Å². The van der Waals surface area contributed by atoms with Crippen molar-refractivity contribution in [1.82, 2.24) is 10.3 Å². The third-order valence-corrected chi connectivity index (χ3v) is 4.67. The summed E-state index contributed by atoms with van der Waals surface area (Å²) in [6, 6.07) is 17.0. The van der Waals surface area contributed by atoms with E-state index in [2.05, 4.69) is 15.3 Å². The average Bonchev–Trinajstić information content (AvgIpc) is 2.73. The van der Waals surface area contributed by atoms with E-state index in [4.69, 9.17) is 33.7 Å². The van der Waals surface area contributed by atoms with Crippen molar-refractivity contribution in [2.75, 3.05) is 6.61 Å². The third-order valence-electron chi connectivity index (χ3n) is 4.17. The Hall–Kier alpha value is -2.80. The van der Waals surface area contributed by atoms with Gasteiger partial charge in [-0.3, -0.25) is 4.98 Å². The van der Waals surface area contributed by atoms with Gasteiger partial charge in [0.05, 0.1) is 12.3 Å². The smallest absolute Gasteiger partial charge is 0.436 e. The second kappa shape index (κ2) is 11.6.